The number of carboxylic acid groups (broad SMARTS) is 1. The highest BCUT2D eigenvalue weighted by Crippen LogP contribution is 2.12. The van der Waals surface area contributed by atoms with Gasteiger partial charge in [0.15, 0.2) is 0 Å². The number of carbonyl (C=O) groups excluding carboxylic acids is 1. The third-order valence-corrected chi connectivity index (χ3v) is 3.41. The summed E-state index contributed by atoms with van der Waals surface area (Å²) >= 11 is 0. The number of hydrogen-bond donors (Lipinski definition) is 3. The molecule has 1 heterocycles. The summed E-state index contributed by atoms with van der Waals surface area (Å²) in [6.45, 7) is 7.37. The van der Waals surface area contributed by atoms with Gasteiger partial charge in [-0.25, -0.2) is 4.79 Å². The molecule has 0 unspecified atom stereocenters. The van der Waals surface area contributed by atoms with E-state index in [4.69, 9.17) is 5.11 Å². The fourth-order valence-corrected chi connectivity index (χ4v) is 1.90. The molecule has 1 rings (SSSR count). The van der Waals surface area contributed by atoms with E-state index in [0.29, 0.717) is 6.42 Å². The molecule has 106 valence electrons. The van der Waals surface area contributed by atoms with E-state index in [-0.39, 0.29) is 18.2 Å². The Morgan fingerprint density at radius 2 is 2.05 bits per heavy atom. The molecule has 1 aromatic rings. The SMILES string of the molecule is CC[C@H](C)[C@H](NC(=O)Cc1c(C)n[nH]c1C)C(=O)O. The molecular weight excluding hydrogens is 246 g/mol. The summed E-state index contributed by atoms with van der Waals surface area (Å²) in [5.41, 5.74) is 2.43. The Kier molecular flexibility index (Phi) is 5.09. The van der Waals surface area contributed by atoms with Crippen molar-refractivity contribution in [1.82, 2.24) is 15.5 Å². The van der Waals surface area contributed by atoms with Gasteiger partial charge in [-0.05, 0) is 19.8 Å². The highest BCUT2D eigenvalue weighted by molar-refractivity contribution is 5.85. The first-order valence-corrected chi connectivity index (χ1v) is 6.39. The number of aliphatic carboxylic acids is 1. The van der Waals surface area contributed by atoms with Crippen molar-refractivity contribution in [3.8, 4) is 0 Å². The summed E-state index contributed by atoms with van der Waals surface area (Å²) in [7, 11) is 0. The topological polar surface area (TPSA) is 95.1 Å². The second-order valence-electron chi connectivity index (χ2n) is 4.86. The molecule has 0 aliphatic rings. The van der Waals surface area contributed by atoms with E-state index in [0.717, 1.165) is 17.0 Å². The number of carboxylic acids is 1. The van der Waals surface area contributed by atoms with Gasteiger partial charge in [0.1, 0.15) is 6.04 Å². The van der Waals surface area contributed by atoms with Crippen LogP contribution >= 0.6 is 0 Å². The number of nitrogens with zero attached hydrogens (tertiary/aromatic N) is 1. The van der Waals surface area contributed by atoms with Crippen LogP contribution in [0, 0.1) is 19.8 Å². The van der Waals surface area contributed by atoms with E-state index in [1.165, 1.54) is 0 Å². The molecule has 0 spiro atoms. The fraction of sp³-hybridized carbons (Fsp3) is 0.615. The molecule has 1 aromatic heterocycles. The summed E-state index contributed by atoms with van der Waals surface area (Å²) in [5, 5.41) is 18.5. The van der Waals surface area contributed by atoms with Gasteiger partial charge in [0.05, 0.1) is 12.1 Å². The van der Waals surface area contributed by atoms with Gasteiger partial charge < -0.3 is 10.4 Å². The Bertz CT molecular complexity index is 448. The third-order valence-electron chi connectivity index (χ3n) is 3.41. The number of rotatable bonds is 6. The number of carbonyl (C=O) groups is 2. The van der Waals surface area contributed by atoms with Crippen LogP contribution in [-0.4, -0.2) is 33.2 Å². The number of H-pyrrole nitrogens is 1. The second kappa shape index (κ2) is 6.36. The van der Waals surface area contributed by atoms with E-state index in [2.05, 4.69) is 15.5 Å². The molecule has 0 bridgehead atoms. The Hall–Kier alpha value is -1.85. The largest absolute Gasteiger partial charge is 0.480 e. The lowest BCUT2D eigenvalue weighted by atomic mass is 9.99. The Morgan fingerprint density at radius 3 is 2.47 bits per heavy atom. The number of amides is 1. The highest BCUT2D eigenvalue weighted by Gasteiger charge is 2.25. The third kappa shape index (κ3) is 3.81. The molecule has 0 aliphatic carbocycles. The minimum absolute atomic E-state index is 0.104. The van der Waals surface area contributed by atoms with Gasteiger partial charge in [0, 0.05) is 11.3 Å². The maximum absolute atomic E-state index is 11.9. The summed E-state index contributed by atoms with van der Waals surface area (Å²) < 4.78 is 0. The number of aromatic nitrogens is 2. The fourth-order valence-electron chi connectivity index (χ4n) is 1.90. The Balaban J connectivity index is 2.71. The van der Waals surface area contributed by atoms with Gasteiger partial charge in [0.2, 0.25) is 5.91 Å². The van der Waals surface area contributed by atoms with Gasteiger partial charge in [-0.3, -0.25) is 9.89 Å². The minimum Gasteiger partial charge on any atom is -0.480 e. The first-order chi connectivity index (χ1) is 8.86. The molecule has 0 radical (unpaired) electrons. The van der Waals surface area contributed by atoms with Crippen LogP contribution in [0.25, 0.3) is 0 Å². The standard InChI is InChI=1S/C13H21N3O3/c1-5-7(2)12(13(18)19)14-11(17)6-10-8(3)15-16-9(10)4/h7,12H,5-6H2,1-4H3,(H,14,17)(H,15,16)(H,18,19)/t7-,12-/m0/s1. The quantitative estimate of drug-likeness (QED) is 0.721. The Labute approximate surface area is 112 Å². The average molecular weight is 267 g/mol. The molecule has 0 aliphatic heterocycles. The Morgan fingerprint density at radius 1 is 1.42 bits per heavy atom. The molecule has 0 fully saturated rings. The van der Waals surface area contributed by atoms with Crippen LogP contribution in [0.5, 0.6) is 0 Å². The van der Waals surface area contributed by atoms with Crippen LogP contribution in [0.1, 0.15) is 37.2 Å². The van der Waals surface area contributed by atoms with Crippen molar-refractivity contribution in [2.75, 3.05) is 0 Å². The first kappa shape index (κ1) is 15.2. The maximum Gasteiger partial charge on any atom is 0.326 e. The van der Waals surface area contributed by atoms with Gasteiger partial charge >= 0.3 is 5.97 Å². The number of hydrogen-bond acceptors (Lipinski definition) is 3. The van der Waals surface area contributed by atoms with Crippen molar-refractivity contribution in [1.29, 1.82) is 0 Å². The van der Waals surface area contributed by atoms with E-state index in [1.54, 1.807) is 0 Å². The number of aryl methyl sites for hydroxylation is 2. The highest BCUT2D eigenvalue weighted by atomic mass is 16.4. The minimum atomic E-state index is -0.997. The zero-order valence-corrected chi connectivity index (χ0v) is 11.8. The number of nitrogens with one attached hydrogen (secondary N) is 2. The van der Waals surface area contributed by atoms with Crippen molar-refractivity contribution in [2.45, 2.75) is 46.6 Å². The summed E-state index contributed by atoms with van der Waals surface area (Å²) in [6, 6.07) is -0.843. The van der Waals surface area contributed by atoms with E-state index in [1.807, 2.05) is 27.7 Å². The zero-order valence-electron chi connectivity index (χ0n) is 11.8. The maximum atomic E-state index is 11.9. The first-order valence-electron chi connectivity index (χ1n) is 6.39. The normalized spacial score (nSPS) is 13.9. The van der Waals surface area contributed by atoms with Crippen LogP contribution < -0.4 is 5.32 Å². The lowest BCUT2D eigenvalue weighted by molar-refractivity contribution is -0.143. The van der Waals surface area contributed by atoms with Gasteiger partial charge in [-0.15, -0.1) is 0 Å². The molecule has 6 heteroatoms. The van der Waals surface area contributed by atoms with Crippen LogP contribution in [0.15, 0.2) is 0 Å². The molecule has 1 amide bonds. The summed E-state index contributed by atoms with van der Waals surface area (Å²) in [5.74, 6) is -1.39. The van der Waals surface area contributed by atoms with Crippen molar-refractivity contribution >= 4 is 11.9 Å². The van der Waals surface area contributed by atoms with Crippen LogP contribution in [-0.2, 0) is 16.0 Å². The molecule has 19 heavy (non-hydrogen) atoms. The van der Waals surface area contributed by atoms with Crippen LogP contribution in [0.2, 0.25) is 0 Å². The van der Waals surface area contributed by atoms with E-state index in [9.17, 15) is 9.59 Å². The number of aromatic amines is 1. The van der Waals surface area contributed by atoms with Gasteiger partial charge in [0.25, 0.3) is 0 Å². The molecule has 0 saturated carbocycles. The molecular formula is C13H21N3O3. The second-order valence-corrected chi connectivity index (χ2v) is 4.86. The van der Waals surface area contributed by atoms with Crippen molar-refractivity contribution < 1.29 is 14.7 Å². The van der Waals surface area contributed by atoms with E-state index >= 15 is 0 Å². The van der Waals surface area contributed by atoms with Gasteiger partial charge in [-0.2, -0.15) is 5.10 Å². The molecule has 0 aromatic carbocycles. The average Bonchev–Trinajstić information content (AvgIpc) is 2.66. The predicted molar refractivity (Wildman–Crippen MR) is 70.8 cm³/mol. The van der Waals surface area contributed by atoms with Crippen molar-refractivity contribution in [3.63, 3.8) is 0 Å². The van der Waals surface area contributed by atoms with Gasteiger partial charge in [-0.1, -0.05) is 20.3 Å². The predicted octanol–water partition coefficient (Wildman–Crippen LogP) is 1.18. The van der Waals surface area contributed by atoms with E-state index < -0.39 is 12.0 Å². The van der Waals surface area contributed by atoms with Crippen LogP contribution in [0.3, 0.4) is 0 Å². The van der Waals surface area contributed by atoms with Crippen LogP contribution in [0.4, 0.5) is 0 Å². The lowest BCUT2D eigenvalue weighted by Crippen LogP contribution is -2.45. The smallest absolute Gasteiger partial charge is 0.326 e. The molecule has 3 N–H and O–H groups in total. The molecule has 0 saturated heterocycles. The van der Waals surface area contributed by atoms with Crippen molar-refractivity contribution in [2.24, 2.45) is 5.92 Å². The van der Waals surface area contributed by atoms with Crippen molar-refractivity contribution in [3.05, 3.63) is 17.0 Å². The zero-order chi connectivity index (χ0) is 14.6. The monoisotopic (exact) mass is 267 g/mol. The molecule has 2 atom stereocenters. The summed E-state index contributed by atoms with van der Waals surface area (Å²) in [4.78, 5) is 23.1. The lowest BCUT2D eigenvalue weighted by Gasteiger charge is -2.20. The summed E-state index contributed by atoms with van der Waals surface area (Å²) in [6.07, 6.45) is 0.843. The molecule has 6 nitrogen and oxygen atoms in total.